The number of aromatic nitrogens is 2. The van der Waals surface area contributed by atoms with Crippen LogP contribution in [0.4, 0.5) is 0 Å². The number of nitrogens with one attached hydrogen (secondary N) is 1. The number of hydrogen-bond acceptors (Lipinski definition) is 4. The van der Waals surface area contributed by atoms with Gasteiger partial charge >= 0.3 is 0 Å². The van der Waals surface area contributed by atoms with Crippen LogP contribution in [0.2, 0.25) is 0 Å². The van der Waals surface area contributed by atoms with Crippen LogP contribution in [0.25, 0.3) is 11.4 Å². The Bertz CT molecular complexity index is 919. The van der Waals surface area contributed by atoms with Crippen LogP contribution >= 0.6 is 0 Å². The summed E-state index contributed by atoms with van der Waals surface area (Å²) in [6.07, 6.45) is 4.56. The van der Waals surface area contributed by atoms with Crippen molar-refractivity contribution in [3.05, 3.63) is 41.7 Å². The van der Waals surface area contributed by atoms with Crippen LogP contribution < -0.4 is 5.32 Å². The molecule has 1 atom stereocenters. The Morgan fingerprint density at radius 1 is 1.15 bits per heavy atom. The van der Waals surface area contributed by atoms with Crippen LogP contribution in [0.15, 0.2) is 30.3 Å². The van der Waals surface area contributed by atoms with Gasteiger partial charge in [-0.25, -0.2) is 13.4 Å². The Kier molecular flexibility index (Phi) is 4.56. The number of hydrogen-bond donors (Lipinski definition) is 1. The van der Waals surface area contributed by atoms with Crippen LogP contribution in [0.5, 0.6) is 0 Å². The molecule has 1 fully saturated rings. The van der Waals surface area contributed by atoms with Crippen molar-refractivity contribution >= 4 is 15.7 Å². The summed E-state index contributed by atoms with van der Waals surface area (Å²) < 4.78 is 25.5. The third kappa shape index (κ3) is 3.40. The van der Waals surface area contributed by atoms with Gasteiger partial charge in [0, 0.05) is 18.2 Å². The highest BCUT2D eigenvalue weighted by Gasteiger charge is 2.31. The summed E-state index contributed by atoms with van der Waals surface area (Å²) >= 11 is 0. The first-order valence-corrected chi connectivity index (χ1v) is 11.0. The van der Waals surface area contributed by atoms with Crippen LogP contribution in [0.3, 0.4) is 0 Å². The van der Waals surface area contributed by atoms with E-state index in [0.29, 0.717) is 12.1 Å². The van der Waals surface area contributed by atoms with Crippen molar-refractivity contribution in [3.8, 4) is 11.4 Å². The van der Waals surface area contributed by atoms with Gasteiger partial charge < -0.3 is 9.88 Å². The third-order valence-corrected chi connectivity index (χ3v) is 6.95. The number of imidazole rings is 1. The highest BCUT2D eigenvalue weighted by Crippen LogP contribution is 2.27. The van der Waals surface area contributed by atoms with Crippen LogP contribution in [0.1, 0.15) is 41.9 Å². The van der Waals surface area contributed by atoms with Gasteiger partial charge in [-0.1, -0.05) is 36.8 Å². The van der Waals surface area contributed by atoms with E-state index >= 15 is 0 Å². The maximum atomic E-state index is 12.9. The molecule has 26 heavy (non-hydrogen) atoms. The molecule has 1 N–H and O–H groups in total. The molecule has 0 unspecified atom stereocenters. The van der Waals surface area contributed by atoms with E-state index in [-0.39, 0.29) is 23.5 Å². The third-order valence-electron chi connectivity index (χ3n) is 5.18. The highest BCUT2D eigenvalue weighted by molar-refractivity contribution is 7.91. The molecule has 1 aromatic heterocycles. The Morgan fingerprint density at radius 3 is 2.69 bits per heavy atom. The van der Waals surface area contributed by atoms with Crippen molar-refractivity contribution in [2.24, 2.45) is 0 Å². The summed E-state index contributed by atoms with van der Waals surface area (Å²) in [7, 11) is -3.02. The molecule has 1 amide bonds. The molecule has 0 bridgehead atoms. The van der Waals surface area contributed by atoms with Gasteiger partial charge in [-0.2, -0.15) is 0 Å². The van der Waals surface area contributed by atoms with E-state index in [9.17, 15) is 13.2 Å². The average Bonchev–Trinajstić information content (AvgIpc) is 3.05. The van der Waals surface area contributed by atoms with Crippen molar-refractivity contribution < 1.29 is 13.2 Å². The van der Waals surface area contributed by atoms with Crippen LogP contribution in [-0.4, -0.2) is 41.4 Å². The van der Waals surface area contributed by atoms with Crippen molar-refractivity contribution in [2.75, 3.05) is 11.5 Å². The van der Waals surface area contributed by atoms with Gasteiger partial charge in [-0.05, 0) is 25.7 Å². The SMILES string of the molecule is O=C(N[C@@H]1CCS(=O)(=O)C1)c1nc(-c2ccccc2)n2c1CCCCC2. The zero-order valence-electron chi connectivity index (χ0n) is 14.6. The molecule has 0 spiro atoms. The van der Waals surface area contributed by atoms with Crippen molar-refractivity contribution in [1.82, 2.24) is 14.9 Å². The highest BCUT2D eigenvalue weighted by atomic mass is 32.2. The fourth-order valence-electron chi connectivity index (χ4n) is 3.87. The minimum atomic E-state index is -3.02. The van der Waals surface area contributed by atoms with Crippen molar-refractivity contribution in [3.63, 3.8) is 0 Å². The van der Waals surface area contributed by atoms with Crippen molar-refractivity contribution in [2.45, 2.75) is 44.7 Å². The average molecular weight is 373 g/mol. The van der Waals surface area contributed by atoms with Crippen LogP contribution in [-0.2, 0) is 22.8 Å². The standard InChI is InChI=1S/C19H23N3O3S/c23-19(20-15-10-12-26(24,25)13-15)17-16-9-5-2-6-11-22(16)18(21-17)14-7-3-1-4-8-14/h1,3-4,7-8,15H,2,5-6,9-13H2,(H,20,23)/t15-/m1/s1. The van der Waals surface area contributed by atoms with Crippen LogP contribution in [0, 0.1) is 0 Å². The van der Waals surface area contributed by atoms with E-state index in [1.807, 2.05) is 30.3 Å². The van der Waals surface area contributed by atoms with Gasteiger partial charge in [0.1, 0.15) is 11.5 Å². The van der Waals surface area contributed by atoms with E-state index in [1.54, 1.807) is 0 Å². The normalized spacial score (nSPS) is 21.8. The minimum Gasteiger partial charge on any atom is -0.347 e. The molecule has 2 aliphatic heterocycles. The minimum absolute atomic E-state index is 0.0281. The first-order valence-electron chi connectivity index (χ1n) is 9.19. The molecule has 7 heteroatoms. The smallest absolute Gasteiger partial charge is 0.272 e. The molecule has 0 aliphatic carbocycles. The molecule has 2 aliphatic rings. The van der Waals surface area contributed by atoms with Gasteiger partial charge in [0.15, 0.2) is 9.84 Å². The summed E-state index contributed by atoms with van der Waals surface area (Å²) in [5.41, 5.74) is 2.42. The largest absolute Gasteiger partial charge is 0.347 e. The number of fused-ring (bicyclic) bond motifs is 1. The molecule has 138 valence electrons. The number of carbonyl (C=O) groups excluding carboxylic acids is 1. The number of carbonyl (C=O) groups is 1. The lowest BCUT2D eigenvalue weighted by Gasteiger charge is -2.11. The predicted molar refractivity (Wildman–Crippen MR) is 99.7 cm³/mol. The van der Waals surface area contributed by atoms with Gasteiger partial charge in [-0.15, -0.1) is 0 Å². The lowest BCUT2D eigenvalue weighted by atomic mass is 10.1. The first-order chi connectivity index (χ1) is 12.5. The predicted octanol–water partition coefficient (Wildman–Crippen LogP) is 2.19. The van der Waals surface area contributed by atoms with Gasteiger partial charge in [0.05, 0.1) is 17.2 Å². The molecule has 0 saturated carbocycles. The zero-order chi connectivity index (χ0) is 18.1. The molecular formula is C19H23N3O3S. The quantitative estimate of drug-likeness (QED) is 0.894. The van der Waals surface area contributed by atoms with E-state index in [4.69, 9.17) is 0 Å². The molecule has 3 heterocycles. The molecule has 6 nitrogen and oxygen atoms in total. The van der Waals surface area contributed by atoms with E-state index in [1.165, 1.54) is 0 Å². The molecular weight excluding hydrogens is 350 g/mol. The monoisotopic (exact) mass is 373 g/mol. The topological polar surface area (TPSA) is 81.1 Å². The molecule has 1 saturated heterocycles. The maximum Gasteiger partial charge on any atom is 0.272 e. The molecule has 2 aromatic rings. The number of amides is 1. The zero-order valence-corrected chi connectivity index (χ0v) is 15.5. The summed E-state index contributed by atoms with van der Waals surface area (Å²) in [5.74, 6) is 0.751. The Labute approximate surface area is 153 Å². The lowest BCUT2D eigenvalue weighted by molar-refractivity contribution is 0.0935. The van der Waals surface area contributed by atoms with E-state index in [0.717, 1.165) is 49.3 Å². The number of sulfone groups is 1. The van der Waals surface area contributed by atoms with Gasteiger partial charge in [0.25, 0.3) is 5.91 Å². The van der Waals surface area contributed by atoms with Gasteiger partial charge in [0.2, 0.25) is 0 Å². The lowest BCUT2D eigenvalue weighted by Crippen LogP contribution is -2.36. The second-order valence-electron chi connectivity index (χ2n) is 7.13. The summed E-state index contributed by atoms with van der Waals surface area (Å²) in [5, 5.41) is 2.89. The summed E-state index contributed by atoms with van der Waals surface area (Å²) in [4.78, 5) is 17.5. The Hall–Kier alpha value is -2.15. The van der Waals surface area contributed by atoms with Gasteiger partial charge in [-0.3, -0.25) is 4.79 Å². The van der Waals surface area contributed by atoms with Crippen molar-refractivity contribution in [1.29, 1.82) is 0 Å². The summed E-state index contributed by atoms with van der Waals surface area (Å²) in [6.45, 7) is 0.859. The number of benzene rings is 1. The second-order valence-corrected chi connectivity index (χ2v) is 9.36. The molecule has 0 radical (unpaired) electrons. The van der Waals surface area contributed by atoms with E-state index in [2.05, 4.69) is 14.9 Å². The first kappa shape index (κ1) is 17.3. The number of rotatable bonds is 3. The summed E-state index contributed by atoms with van der Waals surface area (Å²) in [6, 6.07) is 9.60. The Balaban J connectivity index is 1.67. The fourth-order valence-corrected chi connectivity index (χ4v) is 5.55. The molecule has 4 rings (SSSR count). The maximum absolute atomic E-state index is 12.9. The second kappa shape index (κ2) is 6.87. The van der Waals surface area contributed by atoms with E-state index < -0.39 is 9.84 Å². The number of nitrogens with zero attached hydrogens (tertiary/aromatic N) is 2. The molecule has 1 aromatic carbocycles. The Morgan fingerprint density at radius 2 is 1.96 bits per heavy atom. The fraction of sp³-hybridized carbons (Fsp3) is 0.474.